The molecule has 0 saturated carbocycles. The Hall–Kier alpha value is -0.870. The highest BCUT2D eigenvalue weighted by atomic mass is 127. The first-order chi connectivity index (χ1) is 12.8. The lowest BCUT2D eigenvalue weighted by molar-refractivity contribution is 0.278. The van der Waals surface area contributed by atoms with Crippen LogP contribution in [0.25, 0.3) is 0 Å². The van der Waals surface area contributed by atoms with Crippen LogP contribution < -0.4 is 10.6 Å². The van der Waals surface area contributed by atoms with Crippen LogP contribution in [0.3, 0.4) is 0 Å². The third kappa shape index (κ3) is 7.18. The topological polar surface area (TPSA) is 73.8 Å². The second-order valence-corrected chi connectivity index (χ2v) is 9.50. The van der Waals surface area contributed by atoms with Crippen molar-refractivity contribution >= 4 is 40.0 Å². The van der Waals surface area contributed by atoms with Crippen LogP contribution in [0.4, 0.5) is 0 Å². The minimum Gasteiger partial charge on any atom is -0.357 e. The fourth-order valence-corrected chi connectivity index (χ4v) is 4.49. The predicted octanol–water partition coefficient (Wildman–Crippen LogP) is 3.30. The first-order valence-corrected chi connectivity index (χ1v) is 11.4. The SMILES string of the molecule is CCNC(=NCC1CCN(S(=O)(=O)c2ccccc2)CC1)NC(C)C(C)C.I. The molecule has 8 heteroatoms. The zero-order valence-corrected chi connectivity index (χ0v) is 20.5. The molecule has 1 unspecified atom stereocenters. The lowest BCUT2D eigenvalue weighted by Crippen LogP contribution is -2.44. The number of hydrogen-bond acceptors (Lipinski definition) is 3. The first kappa shape index (κ1) is 25.2. The van der Waals surface area contributed by atoms with Gasteiger partial charge in [-0.05, 0) is 50.7 Å². The molecule has 28 heavy (non-hydrogen) atoms. The van der Waals surface area contributed by atoms with Crippen molar-refractivity contribution in [2.24, 2.45) is 16.8 Å². The van der Waals surface area contributed by atoms with Crippen molar-refractivity contribution in [3.05, 3.63) is 30.3 Å². The fourth-order valence-electron chi connectivity index (χ4n) is 3.00. The lowest BCUT2D eigenvalue weighted by atomic mass is 9.98. The van der Waals surface area contributed by atoms with E-state index in [0.29, 0.717) is 35.9 Å². The molecule has 1 aliphatic rings. The van der Waals surface area contributed by atoms with Crippen molar-refractivity contribution in [3.63, 3.8) is 0 Å². The number of rotatable bonds is 7. The fraction of sp³-hybridized carbons (Fsp3) is 0.650. The number of sulfonamides is 1. The van der Waals surface area contributed by atoms with Crippen molar-refractivity contribution in [3.8, 4) is 0 Å². The van der Waals surface area contributed by atoms with Crippen LogP contribution in [0, 0.1) is 11.8 Å². The van der Waals surface area contributed by atoms with E-state index in [1.165, 1.54) is 0 Å². The van der Waals surface area contributed by atoms with Gasteiger partial charge in [0.2, 0.25) is 10.0 Å². The highest BCUT2D eigenvalue weighted by Gasteiger charge is 2.29. The Labute approximate surface area is 187 Å². The quantitative estimate of drug-likeness (QED) is 0.328. The summed E-state index contributed by atoms with van der Waals surface area (Å²) in [6, 6.07) is 9.04. The van der Waals surface area contributed by atoms with Crippen molar-refractivity contribution in [1.29, 1.82) is 0 Å². The van der Waals surface area contributed by atoms with Crippen molar-refractivity contribution in [2.75, 3.05) is 26.2 Å². The summed E-state index contributed by atoms with van der Waals surface area (Å²) in [5.74, 6) is 1.79. The Morgan fingerprint density at radius 2 is 1.79 bits per heavy atom. The molecular formula is C20H35IN4O2S. The molecule has 1 saturated heterocycles. The standard InChI is InChI=1S/C20H34N4O2S.HI/c1-5-21-20(23-17(4)16(2)3)22-15-18-11-13-24(14-12-18)27(25,26)19-9-7-6-8-10-19;/h6-10,16-18H,5,11-15H2,1-4H3,(H2,21,22,23);1H. The van der Waals surface area contributed by atoms with Crippen molar-refractivity contribution < 1.29 is 8.42 Å². The van der Waals surface area contributed by atoms with E-state index >= 15 is 0 Å². The van der Waals surface area contributed by atoms with Crippen molar-refractivity contribution in [2.45, 2.75) is 51.5 Å². The zero-order valence-electron chi connectivity index (χ0n) is 17.4. The number of halogens is 1. The highest BCUT2D eigenvalue weighted by molar-refractivity contribution is 14.0. The number of hydrogen-bond donors (Lipinski definition) is 2. The molecule has 1 aromatic carbocycles. The minimum atomic E-state index is -3.38. The van der Waals surface area contributed by atoms with Crippen LogP contribution in [0.2, 0.25) is 0 Å². The first-order valence-electron chi connectivity index (χ1n) is 9.94. The molecule has 0 aromatic heterocycles. The summed E-state index contributed by atoms with van der Waals surface area (Å²) in [7, 11) is -3.38. The summed E-state index contributed by atoms with van der Waals surface area (Å²) in [6.07, 6.45) is 1.68. The summed E-state index contributed by atoms with van der Waals surface area (Å²) < 4.78 is 27.0. The molecule has 6 nitrogen and oxygen atoms in total. The molecule has 2 N–H and O–H groups in total. The van der Waals surface area contributed by atoms with Gasteiger partial charge in [-0.2, -0.15) is 4.31 Å². The number of benzene rings is 1. The summed E-state index contributed by atoms with van der Waals surface area (Å²) in [5, 5.41) is 6.74. The molecule has 1 atom stereocenters. The van der Waals surface area contributed by atoms with E-state index < -0.39 is 10.0 Å². The second-order valence-electron chi connectivity index (χ2n) is 7.56. The monoisotopic (exact) mass is 522 g/mol. The predicted molar refractivity (Wildman–Crippen MR) is 127 cm³/mol. The van der Waals surface area contributed by atoms with E-state index in [2.05, 4.69) is 38.3 Å². The smallest absolute Gasteiger partial charge is 0.243 e. The van der Waals surface area contributed by atoms with Gasteiger partial charge in [-0.25, -0.2) is 8.42 Å². The highest BCUT2D eigenvalue weighted by Crippen LogP contribution is 2.23. The van der Waals surface area contributed by atoms with E-state index in [4.69, 9.17) is 4.99 Å². The van der Waals surface area contributed by atoms with Gasteiger partial charge in [-0.3, -0.25) is 4.99 Å². The van der Waals surface area contributed by atoms with Crippen LogP contribution in [-0.4, -0.2) is 50.9 Å². The van der Waals surface area contributed by atoms with E-state index in [-0.39, 0.29) is 24.0 Å². The largest absolute Gasteiger partial charge is 0.357 e. The molecule has 2 rings (SSSR count). The summed E-state index contributed by atoms with van der Waals surface area (Å²) in [5.41, 5.74) is 0. The van der Waals surface area contributed by atoms with E-state index in [1.807, 2.05) is 6.07 Å². The average Bonchev–Trinajstić information content (AvgIpc) is 2.67. The van der Waals surface area contributed by atoms with Gasteiger partial charge in [0.25, 0.3) is 0 Å². The van der Waals surface area contributed by atoms with Gasteiger partial charge >= 0.3 is 0 Å². The maximum Gasteiger partial charge on any atom is 0.243 e. The van der Waals surface area contributed by atoms with Crippen LogP contribution in [0.1, 0.15) is 40.5 Å². The summed E-state index contributed by atoms with van der Waals surface area (Å²) in [4.78, 5) is 5.11. The Kier molecular flexibility index (Phi) is 10.8. The Morgan fingerprint density at radius 1 is 1.18 bits per heavy atom. The van der Waals surface area contributed by atoms with Crippen LogP contribution in [0.5, 0.6) is 0 Å². The van der Waals surface area contributed by atoms with Gasteiger partial charge in [0.15, 0.2) is 5.96 Å². The molecule has 1 aromatic rings. The zero-order chi connectivity index (χ0) is 19.9. The van der Waals surface area contributed by atoms with Gasteiger partial charge in [0.1, 0.15) is 0 Å². The molecule has 0 radical (unpaired) electrons. The van der Waals surface area contributed by atoms with Gasteiger partial charge in [-0.1, -0.05) is 32.0 Å². The summed E-state index contributed by atoms with van der Waals surface area (Å²) in [6.45, 7) is 11.3. The van der Waals surface area contributed by atoms with Crippen LogP contribution >= 0.6 is 24.0 Å². The Balaban J connectivity index is 0.00000392. The van der Waals surface area contributed by atoms with Gasteiger partial charge in [-0.15, -0.1) is 24.0 Å². The molecule has 0 bridgehead atoms. The number of piperidine rings is 1. The molecule has 0 amide bonds. The van der Waals surface area contributed by atoms with E-state index in [1.54, 1.807) is 28.6 Å². The number of nitrogens with zero attached hydrogens (tertiary/aromatic N) is 2. The second kappa shape index (κ2) is 12.0. The molecule has 160 valence electrons. The van der Waals surface area contributed by atoms with Crippen LogP contribution in [0.15, 0.2) is 40.2 Å². The molecule has 1 aliphatic heterocycles. The Morgan fingerprint density at radius 3 is 2.32 bits per heavy atom. The molecule has 0 spiro atoms. The third-order valence-electron chi connectivity index (χ3n) is 5.17. The van der Waals surface area contributed by atoms with Gasteiger partial charge in [0.05, 0.1) is 4.90 Å². The maximum absolute atomic E-state index is 12.7. The summed E-state index contributed by atoms with van der Waals surface area (Å²) >= 11 is 0. The van der Waals surface area contributed by atoms with Crippen molar-refractivity contribution in [1.82, 2.24) is 14.9 Å². The third-order valence-corrected chi connectivity index (χ3v) is 7.08. The number of aliphatic imine (C=N–C) groups is 1. The van der Waals surface area contributed by atoms with Gasteiger partial charge < -0.3 is 10.6 Å². The molecular weight excluding hydrogens is 487 g/mol. The normalized spacial score (nSPS) is 17.8. The van der Waals surface area contributed by atoms with E-state index in [9.17, 15) is 8.42 Å². The molecule has 1 heterocycles. The van der Waals surface area contributed by atoms with E-state index in [0.717, 1.165) is 31.9 Å². The molecule has 1 fully saturated rings. The van der Waals surface area contributed by atoms with Gasteiger partial charge in [0, 0.05) is 32.2 Å². The molecule has 0 aliphatic carbocycles. The maximum atomic E-state index is 12.7. The number of nitrogens with one attached hydrogen (secondary N) is 2. The van der Waals surface area contributed by atoms with Crippen LogP contribution in [-0.2, 0) is 10.0 Å². The minimum absolute atomic E-state index is 0. The number of guanidine groups is 1. The lowest BCUT2D eigenvalue weighted by Gasteiger charge is -2.30. The Bertz CT molecular complexity index is 702. The average molecular weight is 522 g/mol.